The maximum Gasteiger partial charge on any atom is 0.418 e. The molecule has 1 aromatic rings. The van der Waals surface area contributed by atoms with Crippen LogP contribution in [0, 0.1) is 0 Å². The number of pyridine rings is 1. The zero-order chi connectivity index (χ0) is 10.8. The van der Waals surface area contributed by atoms with Gasteiger partial charge in [-0.25, -0.2) is 0 Å². The van der Waals surface area contributed by atoms with Gasteiger partial charge in [0.2, 0.25) is 0 Å². The van der Waals surface area contributed by atoms with E-state index in [1.165, 1.54) is 6.20 Å². The van der Waals surface area contributed by atoms with Crippen molar-refractivity contribution in [1.82, 2.24) is 4.98 Å². The summed E-state index contributed by atoms with van der Waals surface area (Å²) in [5.41, 5.74) is 4.46. The molecule has 0 bridgehead atoms. The van der Waals surface area contributed by atoms with Gasteiger partial charge >= 0.3 is 6.18 Å². The smallest absolute Gasteiger partial charge is 0.330 e. The molecule has 0 saturated heterocycles. The van der Waals surface area contributed by atoms with Crippen LogP contribution < -0.4 is 5.73 Å². The fourth-order valence-electron chi connectivity index (χ4n) is 1.05. The van der Waals surface area contributed by atoms with Crippen molar-refractivity contribution in [3.8, 4) is 0 Å². The van der Waals surface area contributed by atoms with Crippen molar-refractivity contribution >= 4 is 15.9 Å². The van der Waals surface area contributed by atoms with Gasteiger partial charge in [-0.15, -0.1) is 0 Å². The summed E-state index contributed by atoms with van der Waals surface area (Å²) in [6.07, 6.45) is -2.91. The van der Waals surface area contributed by atoms with Crippen LogP contribution in [0.4, 0.5) is 13.2 Å². The Hall–Kier alpha value is -0.620. The second-order valence-corrected chi connectivity index (χ2v) is 3.60. The number of hydrogen-bond acceptors (Lipinski definition) is 2. The molecule has 6 heteroatoms. The number of rotatable bonds is 2. The molecular formula is C8H8BrF3N2. The number of alkyl halides is 3. The van der Waals surface area contributed by atoms with Crippen molar-refractivity contribution in [2.45, 2.75) is 12.6 Å². The van der Waals surface area contributed by atoms with Crippen molar-refractivity contribution in [1.29, 1.82) is 0 Å². The molecule has 0 spiro atoms. The van der Waals surface area contributed by atoms with Crippen molar-refractivity contribution < 1.29 is 13.2 Å². The number of aromatic nitrogens is 1. The zero-order valence-electron chi connectivity index (χ0n) is 7.11. The first-order chi connectivity index (χ1) is 6.45. The fourth-order valence-corrected chi connectivity index (χ4v) is 1.38. The molecular weight excluding hydrogens is 261 g/mol. The zero-order valence-corrected chi connectivity index (χ0v) is 8.69. The summed E-state index contributed by atoms with van der Waals surface area (Å²) in [4.78, 5) is 3.69. The van der Waals surface area contributed by atoms with E-state index in [1.54, 1.807) is 0 Å². The first-order valence-corrected chi connectivity index (χ1v) is 4.66. The monoisotopic (exact) mass is 268 g/mol. The van der Waals surface area contributed by atoms with Crippen LogP contribution in [0.3, 0.4) is 0 Å². The lowest BCUT2D eigenvalue weighted by molar-refractivity contribution is -0.138. The molecule has 0 amide bonds. The van der Waals surface area contributed by atoms with Crippen LogP contribution >= 0.6 is 15.9 Å². The van der Waals surface area contributed by atoms with Crippen LogP contribution in [-0.2, 0) is 12.6 Å². The van der Waals surface area contributed by atoms with E-state index in [4.69, 9.17) is 5.73 Å². The van der Waals surface area contributed by atoms with Gasteiger partial charge < -0.3 is 5.73 Å². The number of hydrogen-bond donors (Lipinski definition) is 1. The van der Waals surface area contributed by atoms with Crippen molar-refractivity contribution in [2.24, 2.45) is 5.73 Å². The Morgan fingerprint density at radius 2 is 2.07 bits per heavy atom. The van der Waals surface area contributed by atoms with E-state index in [9.17, 15) is 13.2 Å². The molecule has 78 valence electrons. The second kappa shape index (κ2) is 4.27. The highest BCUT2D eigenvalue weighted by atomic mass is 79.9. The van der Waals surface area contributed by atoms with E-state index in [1.807, 2.05) is 0 Å². The summed E-state index contributed by atoms with van der Waals surface area (Å²) in [6.45, 7) is 0.151. The molecule has 2 nitrogen and oxygen atoms in total. The fraction of sp³-hybridized carbons (Fsp3) is 0.375. The Morgan fingerprint density at radius 3 is 2.57 bits per heavy atom. The Balaban J connectivity index is 3.16. The molecule has 0 atom stereocenters. The van der Waals surface area contributed by atoms with Gasteiger partial charge in [0.25, 0.3) is 0 Å². The lowest BCUT2D eigenvalue weighted by Crippen LogP contribution is -2.14. The van der Waals surface area contributed by atoms with Crippen molar-refractivity contribution in [2.75, 3.05) is 6.54 Å². The van der Waals surface area contributed by atoms with Gasteiger partial charge in [-0.05, 0) is 28.5 Å². The van der Waals surface area contributed by atoms with Crippen LogP contribution in [-0.4, -0.2) is 11.5 Å². The highest BCUT2D eigenvalue weighted by molar-refractivity contribution is 9.10. The quantitative estimate of drug-likeness (QED) is 0.895. The predicted octanol–water partition coefficient (Wildman–Crippen LogP) is 2.36. The highest BCUT2D eigenvalue weighted by Crippen LogP contribution is 2.32. The molecule has 14 heavy (non-hydrogen) atoms. The summed E-state index contributed by atoms with van der Waals surface area (Å²) in [5.74, 6) is 0. The third kappa shape index (κ3) is 2.68. The molecule has 0 aliphatic rings. The molecule has 0 aliphatic heterocycles. The summed E-state index contributed by atoms with van der Waals surface area (Å²) in [5, 5.41) is 0. The maximum absolute atomic E-state index is 12.5. The van der Waals surface area contributed by atoms with E-state index < -0.39 is 11.7 Å². The van der Waals surface area contributed by atoms with Crippen molar-refractivity contribution in [3.05, 3.63) is 28.0 Å². The minimum absolute atomic E-state index is 0.0109. The average Bonchev–Trinajstić information content (AvgIpc) is 2.07. The summed E-state index contributed by atoms with van der Waals surface area (Å²) >= 11 is 2.95. The maximum atomic E-state index is 12.5. The Kier molecular flexibility index (Phi) is 3.49. The Labute approximate surface area is 87.4 Å². The lowest BCUT2D eigenvalue weighted by atomic mass is 10.1. The molecule has 1 rings (SSSR count). The first kappa shape index (κ1) is 11.5. The molecule has 1 heterocycles. The first-order valence-electron chi connectivity index (χ1n) is 3.87. The number of nitrogens with zero attached hydrogens (tertiary/aromatic N) is 1. The predicted molar refractivity (Wildman–Crippen MR) is 49.7 cm³/mol. The van der Waals surface area contributed by atoms with Gasteiger partial charge in [0, 0.05) is 17.1 Å². The Bertz CT molecular complexity index is 325. The van der Waals surface area contributed by atoms with E-state index in [2.05, 4.69) is 20.9 Å². The molecule has 0 aromatic carbocycles. The van der Waals surface area contributed by atoms with Crippen LogP contribution in [0.2, 0.25) is 0 Å². The average molecular weight is 269 g/mol. The Morgan fingerprint density at radius 1 is 1.43 bits per heavy atom. The third-order valence-electron chi connectivity index (χ3n) is 1.62. The van der Waals surface area contributed by atoms with Gasteiger partial charge in [-0.2, -0.15) is 13.2 Å². The van der Waals surface area contributed by atoms with Gasteiger partial charge in [0.1, 0.15) is 0 Å². The number of nitrogens with two attached hydrogens (primary N) is 1. The molecule has 2 N–H and O–H groups in total. The van der Waals surface area contributed by atoms with Gasteiger partial charge in [0.05, 0.1) is 11.3 Å². The SMILES string of the molecule is NCCc1ncc(Br)cc1C(F)(F)F. The molecule has 1 aromatic heterocycles. The number of halogens is 4. The molecule has 0 unspecified atom stereocenters. The minimum Gasteiger partial charge on any atom is -0.330 e. The minimum atomic E-state index is -4.37. The molecule has 0 fully saturated rings. The third-order valence-corrected chi connectivity index (χ3v) is 2.06. The summed E-state index contributed by atoms with van der Waals surface area (Å²) in [6, 6.07) is 1.01. The second-order valence-electron chi connectivity index (χ2n) is 2.68. The molecule has 0 radical (unpaired) electrons. The largest absolute Gasteiger partial charge is 0.418 e. The van der Waals surface area contributed by atoms with E-state index in [-0.39, 0.29) is 18.7 Å². The normalized spacial score (nSPS) is 11.8. The van der Waals surface area contributed by atoms with Crippen LogP contribution in [0.15, 0.2) is 16.7 Å². The van der Waals surface area contributed by atoms with Gasteiger partial charge in [-0.3, -0.25) is 4.98 Å². The molecule has 0 aliphatic carbocycles. The van der Waals surface area contributed by atoms with Crippen LogP contribution in [0.25, 0.3) is 0 Å². The highest BCUT2D eigenvalue weighted by Gasteiger charge is 2.33. The van der Waals surface area contributed by atoms with Crippen molar-refractivity contribution in [3.63, 3.8) is 0 Å². The van der Waals surface area contributed by atoms with Crippen LogP contribution in [0.5, 0.6) is 0 Å². The lowest BCUT2D eigenvalue weighted by Gasteiger charge is -2.11. The topological polar surface area (TPSA) is 38.9 Å². The van der Waals surface area contributed by atoms with E-state index in [0.717, 1.165) is 6.07 Å². The van der Waals surface area contributed by atoms with Gasteiger partial charge in [-0.1, -0.05) is 0 Å². The standard InChI is InChI=1S/C8H8BrF3N2/c9-5-3-6(8(10,11)12)7(1-2-13)14-4-5/h3-4H,1-2,13H2. The van der Waals surface area contributed by atoms with Crippen LogP contribution in [0.1, 0.15) is 11.3 Å². The van der Waals surface area contributed by atoms with E-state index >= 15 is 0 Å². The van der Waals surface area contributed by atoms with E-state index in [0.29, 0.717) is 4.47 Å². The summed E-state index contributed by atoms with van der Waals surface area (Å²) < 4.78 is 37.7. The van der Waals surface area contributed by atoms with Gasteiger partial charge in [0.15, 0.2) is 0 Å². The molecule has 0 saturated carbocycles. The summed E-state index contributed by atoms with van der Waals surface area (Å²) in [7, 11) is 0.